The molecule has 0 aromatic heterocycles. The van der Waals surface area contributed by atoms with E-state index in [4.69, 9.17) is 9.47 Å². The van der Waals surface area contributed by atoms with Gasteiger partial charge in [-0.15, -0.1) is 0 Å². The second-order valence-electron chi connectivity index (χ2n) is 8.83. The van der Waals surface area contributed by atoms with E-state index in [1.807, 2.05) is 6.92 Å². The van der Waals surface area contributed by atoms with Gasteiger partial charge in [-0.2, -0.15) is 0 Å². The molecule has 2 aromatic carbocycles. The number of carbonyl (C=O) groups is 2. The number of nitrogens with one attached hydrogen (secondary N) is 1. The molecule has 1 fully saturated rings. The molecule has 0 bridgehead atoms. The van der Waals surface area contributed by atoms with E-state index in [1.165, 1.54) is 12.1 Å². The molecule has 2 aliphatic heterocycles. The number of rotatable bonds is 8. The number of Topliss-reactive ketones (excluding diaryl/α,β-unsaturated/α-hetero) is 1. The average molecular weight is 474 g/mol. The molecule has 6 nitrogen and oxygen atoms in total. The first-order valence-electron chi connectivity index (χ1n) is 11.6. The Morgan fingerprint density at radius 3 is 2.76 bits per heavy atom. The largest absolute Gasteiger partial charge is 0.492 e. The van der Waals surface area contributed by atoms with Gasteiger partial charge < -0.3 is 19.9 Å². The van der Waals surface area contributed by atoms with E-state index < -0.39 is 30.4 Å². The average Bonchev–Trinajstić information content (AvgIpc) is 3.31. The van der Waals surface area contributed by atoms with Crippen molar-refractivity contribution in [3.05, 3.63) is 63.5 Å². The normalized spacial score (nSPS) is 19.4. The van der Waals surface area contributed by atoms with E-state index in [0.717, 1.165) is 16.7 Å². The van der Waals surface area contributed by atoms with Crippen molar-refractivity contribution in [2.24, 2.45) is 0 Å². The minimum atomic E-state index is -0.773. The Balaban J connectivity index is 1.58. The van der Waals surface area contributed by atoms with E-state index in [0.29, 0.717) is 49.4 Å². The van der Waals surface area contributed by atoms with Crippen molar-refractivity contribution in [3.63, 3.8) is 0 Å². The van der Waals surface area contributed by atoms with Gasteiger partial charge in [-0.25, -0.2) is 4.39 Å². The van der Waals surface area contributed by atoms with Crippen LogP contribution in [0.25, 0.3) is 0 Å². The lowest BCUT2D eigenvalue weighted by molar-refractivity contribution is -0.0261. The topological polar surface area (TPSA) is 84.9 Å². The lowest BCUT2D eigenvalue weighted by atomic mass is 9.91. The van der Waals surface area contributed by atoms with Crippen molar-refractivity contribution in [2.45, 2.75) is 51.2 Å². The number of halogens is 2. The Labute approximate surface area is 197 Å². The highest BCUT2D eigenvalue weighted by atomic mass is 19.1. The predicted octanol–water partition coefficient (Wildman–Crippen LogP) is 3.47. The van der Waals surface area contributed by atoms with Crippen LogP contribution >= 0.6 is 0 Å². The lowest BCUT2D eigenvalue weighted by Crippen LogP contribution is -2.48. The van der Waals surface area contributed by atoms with E-state index in [2.05, 4.69) is 5.32 Å². The zero-order valence-electron chi connectivity index (χ0n) is 19.2. The summed E-state index contributed by atoms with van der Waals surface area (Å²) in [6, 6.07) is 5.81. The molecule has 2 heterocycles. The minimum absolute atomic E-state index is 0.0308. The van der Waals surface area contributed by atoms with E-state index in [-0.39, 0.29) is 30.9 Å². The number of alkyl halides is 1. The Morgan fingerprint density at radius 1 is 1.21 bits per heavy atom. The number of ketones is 1. The molecule has 1 saturated heterocycles. The summed E-state index contributed by atoms with van der Waals surface area (Å²) in [4.78, 5) is 25.2. The molecule has 0 saturated carbocycles. The van der Waals surface area contributed by atoms with Crippen molar-refractivity contribution in [1.82, 2.24) is 5.32 Å². The molecule has 34 heavy (non-hydrogen) atoms. The molecule has 2 atom stereocenters. The standard InChI is InChI=1S/C26H29F2NO5/c1-15-17(11-16-4-5-19(21(28)12-16)23(30)3-2-8-27)13-20(25-18(15)6-10-34-25)26(32)29-22-7-9-33-14-24(22)31/h4-5,12-13,22,24,31H,2-3,6-11,14H2,1H3,(H,29,32)/t22-,24-/m0/s1. The van der Waals surface area contributed by atoms with Crippen LogP contribution in [0.4, 0.5) is 8.78 Å². The van der Waals surface area contributed by atoms with Gasteiger partial charge in [0.05, 0.1) is 43.2 Å². The van der Waals surface area contributed by atoms with Gasteiger partial charge in [0.2, 0.25) is 0 Å². The first-order valence-corrected chi connectivity index (χ1v) is 11.6. The Bertz CT molecular complexity index is 1090. The van der Waals surface area contributed by atoms with Crippen LogP contribution in [0.2, 0.25) is 0 Å². The molecular formula is C26H29F2NO5. The summed E-state index contributed by atoms with van der Waals surface area (Å²) in [5.41, 5.74) is 3.81. The number of benzene rings is 2. The first kappa shape index (κ1) is 24.3. The number of aliphatic hydroxyl groups excluding tert-OH is 1. The SMILES string of the molecule is Cc1c(Cc2ccc(C(=O)CCCF)c(F)c2)cc(C(=O)N[C@H]2CCOC[C@@H]2O)c2c1CCO2. The van der Waals surface area contributed by atoms with Crippen LogP contribution in [0, 0.1) is 12.7 Å². The van der Waals surface area contributed by atoms with Gasteiger partial charge in [0, 0.05) is 25.0 Å². The molecule has 2 N–H and O–H groups in total. The molecule has 8 heteroatoms. The van der Waals surface area contributed by atoms with Crippen molar-refractivity contribution >= 4 is 11.7 Å². The maximum atomic E-state index is 14.6. The van der Waals surface area contributed by atoms with Crippen LogP contribution < -0.4 is 10.1 Å². The third-order valence-corrected chi connectivity index (χ3v) is 6.52. The highest BCUT2D eigenvalue weighted by molar-refractivity contribution is 5.98. The number of amides is 1. The number of carbonyl (C=O) groups excluding carboxylic acids is 2. The summed E-state index contributed by atoms with van der Waals surface area (Å²) in [7, 11) is 0. The maximum Gasteiger partial charge on any atom is 0.255 e. The number of aliphatic hydroxyl groups is 1. The molecule has 2 aromatic rings. The van der Waals surface area contributed by atoms with Crippen molar-refractivity contribution in [1.29, 1.82) is 0 Å². The number of ether oxygens (including phenoxy) is 2. The minimum Gasteiger partial charge on any atom is -0.492 e. The molecule has 4 rings (SSSR count). The summed E-state index contributed by atoms with van der Waals surface area (Å²) in [6.45, 7) is 2.46. The third kappa shape index (κ3) is 5.13. The van der Waals surface area contributed by atoms with Crippen LogP contribution in [0.15, 0.2) is 24.3 Å². The number of fused-ring (bicyclic) bond motifs is 1. The van der Waals surface area contributed by atoms with Gasteiger partial charge in [0.25, 0.3) is 5.91 Å². The third-order valence-electron chi connectivity index (χ3n) is 6.52. The van der Waals surface area contributed by atoms with Crippen LogP contribution in [0.3, 0.4) is 0 Å². The van der Waals surface area contributed by atoms with Gasteiger partial charge >= 0.3 is 0 Å². The maximum absolute atomic E-state index is 14.6. The summed E-state index contributed by atoms with van der Waals surface area (Å²) < 4.78 is 38.0. The summed E-state index contributed by atoms with van der Waals surface area (Å²) >= 11 is 0. The molecule has 182 valence electrons. The van der Waals surface area contributed by atoms with Crippen LogP contribution in [-0.4, -0.2) is 55.4 Å². The summed E-state index contributed by atoms with van der Waals surface area (Å²) in [5, 5.41) is 13.0. The highest BCUT2D eigenvalue weighted by Crippen LogP contribution is 2.35. The van der Waals surface area contributed by atoms with Crippen molar-refractivity contribution in [2.75, 3.05) is 26.5 Å². The first-order chi connectivity index (χ1) is 16.4. The van der Waals surface area contributed by atoms with Gasteiger partial charge in [-0.1, -0.05) is 6.07 Å². The second kappa shape index (κ2) is 10.6. The van der Waals surface area contributed by atoms with Gasteiger partial charge in [-0.3, -0.25) is 14.0 Å². The van der Waals surface area contributed by atoms with Gasteiger partial charge in [0.1, 0.15) is 11.6 Å². The zero-order chi connectivity index (χ0) is 24.2. The molecule has 0 aliphatic carbocycles. The second-order valence-corrected chi connectivity index (χ2v) is 8.83. The Hall–Kier alpha value is -2.84. The highest BCUT2D eigenvalue weighted by Gasteiger charge is 2.29. The molecule has 1 amide bonds. The smallest absolute Gasteiger partial charge is 0.255 e. The van der Waals surface area contributed by atoms with Crippen LogP contribution in [0.5, 0.6) is 5.75 Å². The summed E-state index contributed by atoms with van der Waals surface area (Å²) in [5.74, 6) is -0.817. The summed E-state index contributed by atoms with van der Waals surface area (Å²) in [6.07, 6.45) is 0.833. The zero-order valence-corrected chi connectivity index (χ0v) is 19.2. The predicted molar refractivity (Wildman–Crippen MR) is 122 cm³/mol. The number of hydrogen-bond donors (Lipinski definition) is 2. The molecule has 0 spiro atoms. The number of hydrogen-bond acceptors (Lipinski definition) is 5. The molecule has 2 aliphatic rings. The monoisotopic (exact) mass is 473 g/mol. The Kier molecular flexibility index (Phi) is 7.58. The lowest BCUT2D eigenvalue weighted by Gasteiger charge is -2.28. The van der Waals surface area contributed by atoms with Crippen molar-refractivity contribution < 1.29 is 33.0 Å². The Morgan fingerprint density at radius 2 is 2.03 bits per heavy atom. The van der Waals surface area contributed by atoms with E-state index >= 15 is 0 Å². The van der Waals surface area contributed by atoms with Crippen LogP contribution in [0.1, 0.15) is 62.2 Å². The quantitative estimate of drug-likeness (QED) is 0.574. The van der Waals surface area contributed by atoms with Gasteiger partial charge in [-0.05, 0) is 61.1 Å². The van der Waals surface area contributed by atoms with E-state index in [1.54, 1.807) is 12.1 Å². The molecule has 0 radical (unpaired) electrons. The fourth-order valence-electron chi connectivity index (χ4n) is 4.56. The fourth-order valence-corrected chi connectivity index (χ4v) is 4.56. The molecule has 0 unspecified atom stereocenters. The van der Waals surface area contributed by atoms with E-state index in [9.17, 15) is 23.5 Å². The van der Waals surface area contributed by atoms with Crippen molar-refractivity contribution in [3.8, 4) is 5.75 Å². The van der Waals surface area contributed by atoms with Crippen LogP contribution in [-0.2, 0) is 17.6 Å². The van der Waals surface area contributed by atoms with Gasteiger partial charge in [0.15, 0.2) is 5.78 Å². The molecular weight excluding hydrogens is 444 g/mol. The fraction of sp³-hybridized carbons (Fsp3) is 0.462.